The molecular weight excluding hydrogens is 241 g/mol. The van der Waals surface area contributed by atoms with Gasteiger partial charge in [0.05, 0.1) is 7.11 Å². The zero-order valence-corrected chi connectivity index (χ0v) is 9.73. The molecule has 0 atom stereocenters. The molecule has 0 saturated heterocycles. The van der Waals surface area contributed by atoms with E-state index in [4.69, 9.17) is 9.84 Å². The number of ether oxygens (including phenoxy) is 1. The van der Waals surface area contributed by atoms with Gasteiger partial charge in [0.1, 0.15) is 5.69 Å². The van der Waals surface area contributed by atoms with Crippen molar-refractivity contribution < 1.29 is 23.6 Å². The Morgan fingerprint density at radius 2 is 2.17 bits per heavy atom. The molecule has 0 spiro atoms. The Hall–Kier alpha value is -2.37. The molecule has 0 amide bonds. The summed E-state index contributed by atoms with van der Waals surface area (Å²) in [7, 11) is 1.33. The van der Waals surface area contributed by atoms with Gasteiger partial charge in [0.25, 0.3) is 0 Å². The number of methoxy groups -OCH3 is 1. The highest BCUT2D eigenvalue weighted by Crippen LogP contribution is 2.33. The van der Waals surface area contributed by atoms with Crippen LogP contribution in [0.25, 0.3) is 11.3 Å². The number of hydrogen-bond donors (Lipinski definition) is 1. The maximum atomic E-state index is 13.7. The number of halogens is 1. The van der Waals surface area contributed by atoms with Crippen molar-refractivity contribution >= 4 is 5.97 Å². The molecule has 2 rings (SSSR count). The van der Waals surface area contributed by atoms with Crippen LogP contribution < -0.4 is 4.74 Å². The summed E-state index contributed by atoms with van der Waals surface area (Å²) in [6, 6.07) is 4.19. The number of hydrogen-bond acceptors (Lipinski definition) is 4. The van der Waals surface area contributed by atoms with Gasteiger partial charge in [0.2, 0.25) is 5.76 Å². The molecule has 0 aliphatic carbocycles. The zero-order valence-electron chi connectivity index (χ0n) is 9.73. The maximum absolute atomic E-state index is 13.7. The van der Waals surface area contributed by atoms with Crippen molar-refractivity contribution in [2.45, 2.75) is 6.92 Å². The van der Waals surface area contributed by atoms with E-state index in [1.165, 1.54) is 19.2 Å². The molecule has 5 nitrogen and oxygen atoms in total. The number of carbonyl (C=O) groups is 1. The fraction of sp³-hybridized carbons (Fsp3) is 0.167. The van der Waals surface area contributed by atoms with E-state index < -0.39 is 11.8 Å². The predicted octanol–water partition coefficient (Wildman–Crippen LogP) is 2.50. The van der Waals surface area contributed by atoms with Gasteiger partial charge in [-0.25, -0.2) is 9.18 Å². The number of carboxylic acids is 1. The number of nitrogens with zero attached hydrogens (tertiary/aromatic N) is 1. The van der Waals surface area contributed by atoms with Crippen LogP contribution in [0.5, 0.6) is 5.75 Å². The van der Waals surface area contributed by atoms with E-state index in [0.717, 1.165) is 0 Å². The summed E-state index contributed by atoms with van der Waals surface area (Å²) in [5.74, 6) is -2.08. The summed E-state index contributed by atoms with van der Waals surface area (Å²) in [6.45, 7) is 1.71. The molecule has 18 heavy (non-hydrogen) atoms. The summed E-state index contributed by atoms with van der Waals surface area (Å²) >= 11 is 0. The molecule has 0 aliphatic heterocycles. The number of aryl methyl sites for hydroxylation is 1. The van der Waals surface area contributed by atoms with Crippen molar-refractivity contribution in [3.63, 3.8) is 0 Å². The van der Waals surface area contributed by atoms with E-state index in [-0.39, 0.29) is 17.2 Å². The highest BCUT2D eigenvalue weighted by molar-refractivity contribution is 5.86. The highest BCUT2D eigenvalue weighted by atomic mass is 19.1. The van der Waals surface area contributed by atoms with E-state index in [2.05, 4.69) is 9.68 Å². The van der Waals surface area contributed by atoms with Crippen LogP contribution in [-0.2, 0) is 0 Å². The van der Waals surface area contributed by atoms with E-state index in [1.807, 2.05) is 0 Å². The number of carboxylic acid groups (broad SMARTS) is 1. The second-order valence-electron chi connectivity index (χ2n) is 3.71. The second kappa shape index (κ2) is 4.48. The van der Waals surface area contributed by atoms with Crippen molar-refractivity contribution in [2.75, 3.05) is 7.11 Å². The first-order valence-corrected chi connectivity index (χ1v) is 5.07. The van der Waals surface area contributed by atoms with Crippen molar-refractivity contribution in [2.24, 2.45) is 0 Å². The average Bonchev–Trinajstić information content (AvgIpc) is 2.77. The smallest absolute Gasteiger partial charge is 0.374 e. The lowest BCUT2D eigenvalue weighted by atomic mass is 10.1. The van der Waals surface area contributed by atoms with Crippen LogP contribution in [0, 0.1) is 12.7 Å². The highest BCUT2D eigenvalue weighted by Gasteiger charge is 2.18. The van der Waals surface area contributed by atoms with Crippen LogP contribution in [0.2, 0.25) is 0 Å². The molecule has 0 unspecified atom stereocenters. The van der Waals surface area contributed by atoms with Crippen LogP contribution in [0.3, 0.4) is 0 Å². The monoisotopic (exact) mass is 251 g/mol. The van der Waals surface area contributed by atoms with Crippen LogP contribution in [-0.4, -0.2) is 23.3 Å². The summed E-state index contributed by atoms with van der Waals surface area (Å²) in [4.78, 5) is 10.7. The minimum absolute atomic E-state index is 0.00541. The summed E-state index contributed by atoms with van der Waals surface area (Å²) in [5, 5.41) is 12.3. The van der Waals surface area contributed by atoms with Gasteiger partial charge in [0, 0.05) is 11.6 Å². The van der Waals surface area contributed by atoms with Gasteiger partial charge < -0.3 is 14.4 Å². The predicted molar refractivity (Wildman–Crippen MR) is 60.1 cm³/mol. The summed E-state index contributed by atoms with van der Waals surface area (Å²) in [5.41, 5.74) is 1.24. The molecule has 1 aromatic carbocycles. The largest absolute Gasteiger partial charge is 0.493 e. The average molecular weight is 251 g/mol. The fourth-order valence-electron chi connectivity index (χ4n) is 1.63. The van der Waals surface area contributed by atoms with Crippen LogP contribution in [0.15, 0.2) is 22.7 Å². The van der Waals surface area contributed by atoms with Crippen LogP contribution >= 0.6 is 0 Å². The Morgan fingerprint density at radius 1 is 1.44 bits per heavy atom. The van der Waals surface area contributed by atoms with Crippen LogP contribution in [0.1, 0.15) is 16.1 Å². The molecule has 0 aliphatic rings. The second-order valence-corrected chi connectivity index (χ2v) is 3.71. The van der Waals surface area contributed by atoms with Crippen molar-refractivity contribution in [3.05, 3.63) is 35.3 Å². The maximum Gasteiger partial charge on any atom is 0.374 e. The standard InChI is InChI=1S/C12H10FNO4/c1-6-3-7(11(17-2)8(13)4-6)9-5-10(12(15)16)18-14-9/h3-5H,1-2H3,(H,15,16). The lowest BCUT2D eigenvalue weighted by Crippen LogP contribution is -1.94. The van der Waals surface area contributed by atoms with Gasteiger partial charge in [-0.1, -0.05) is 5.16 Å². The SMILES string of the molecule is COc1c(F)cc(C)cc1-c1cc(C(=O)O)on1. The molecule has 1 aromatic heterocycles. The van der Waals surface area contributed by atoms with Crippen molar-refractivity contribution in [3.8, 4) is 17.0 Å². The molecule has 0 saturated carbocycles. The van der Waals surface area contributed by atoms with Gasteiger partial charge in [-0.3, -0.25) is 0 Å². The first kappa shape index (κ1) is 12.1. The molecule has 94 valence electrons. The fourth-order valence-corrected chi connectivity index (χ4v) is 1.63. The summed E-state index contributed by atoms with van der Waals surface area (Å²) < 4.78 is 23.2. The molecule has 1 N–H and O–H groups in total. The minimum Gasteiger partial charge on any atom is -0.493 e. The number of benzene rings is 1. The van der Waals surface area contributed by atoms with E-state index in [1.54, 1.807) is 13.0 Å². The quantitative estimate of drug-likeness (QED) is 0.907. The topological polar surface area (TPSA) is 72.6 Å². The lowest BCUT2D eigenvalue weighted by molar-refractivity contribution is 0.0652. The van der Waals surface area contributed by atoms with Crippen molar-refractivity contribution in [1.29, 1.82) is 0 Å². The van der Waals surface area contributed by atoms with Gasteiger partial charge in [-0.15, -0.1) is 0 Å². The molecule has 0 fully saturated rings. The molecular formula is C12H10FNO4. The minimum atomic E-state index is -1.24. The molecule has 1 heterocycles. The normalized spacial score (nSPS) is 10.4. The summed E-state index contributed by atoms with van der Waals surface area (Å²) in [6.07, 6.45) is 0. The third-order valence-electron chi connectivity index (χ3n) is 2.39. The van der Waals surface area contributed by atoms with Crippen LogP contribution in [0.4, 0.5) is 4.39 Å². The van der Waals surface area contributed by atoms with E-state index in [9.17, 15) is 9.18 Å². The van der Waals surface area contributed by atoms with Gasteiger partial charge in [-0.2, -0.15) is 0 Å². The first-order valence-electron chi connectivity index (χ1n) is 5.07. The molecule has 0 radical (unpaired) electrons. The Bertz CT molecular complexity index is 606. The molecule has 0 bridgehead atoms. The van der Waals surface area contributed by atoms with Gasteiger partial charge in [0.15, 0.2) is 11.6 Å². The Balaban J connectivity index is 2.58. The Kier molecular flexibility index (Phi) is 3.01. The van der Waals surface area contributed by atoms with Gasteiger partial charge >= 0.3 is 5.97 Å². The Morgan fingerprint density at radius 3 is 2.72 bits per heavy atom. The number of rotatable bonds is 3. The molecule has 2 aromatic rings. The lowest BCUT2D eigenvalue weighted by Gasteiger charge is -2.08. The number of aromatic carboxylic acids is 1. The number of aromatic nitrogens is 1. The third kappa shape index (κ3) is 2.04. The molecule has 6 heteroatoms. The van der Waals surface area contributed by atoms with E-state index >= 15 is 0 Å². The first-order chi connectivity index (χ1) is 8.52. The Labute approximate surface area is 102 Å². The van der Waals surface area contributed by atoms with Gasteiger partial charge in [-0.05, 0) is 24.6 Å². The zero-order chi connectivity index (χ0) is 13.3. The van der Waals surface area contributed by atoms with E-state index in [0.29, 0.717) is 11.1 Å². The third-order valence-corrected chi connectivity index (χ3v) is 2.39. The van der Waals surface area contributed by atoms with Crippen molar-refractivity contribution in [1.82, 2.24) is 5.16 Å².